The molecule has 14 heavy (non-hydrogen) atoms. The Balaban J connectivity index is 2.65. The smallest absolute Gasteiger partial charge is 0.0371 e. The van der Waals surface area contributed by atoms with Gasteiger partial charge in [0, 0.05) is 31.9 Å². The van der Waals surface area contributed by atoms with Crippen molar-refractivity contribution in [2.75, 3.05) is 26.2 Å². The molecule has 78 valence electrons. The van der Waals surface area contributed by atoms with E-state index in [4.69, 9.17) is 0 Å². The van der Waals surface area contributed by atoms with Gasteiger partial charge in [-0.3, -0.25) is 0 Å². The molecule has 1 aliphatic heterocycles. The molecule has 0 radical (unpaired) electrons. The quantitative estimate of drug-likeness (QED) is 0.636. The molecule has 0 unspecified atom stereocenters. The van der Waals surface area contributed by atoms with Gasteiger partial charge in [-0.15, -0.1) is 0 Å². The van der Waals surface area contributed by atoms with Gasteiger partial charge in [0.05, 0.1) is 0 Å². The Bertz CT molecular complexity index is 238. The topological polar surface area (TPSA) is 15.3 Å². The molecule has 0 aromatic rings. The second-order valence-corrected chi connectivity index (χ2v) is 3.87. The molecule has 0 aliphatic carbocycles. The average Bonchev–Trinajstić information content (AvgIpc) is 2.25. The highest BCUT2D eigenvalue weighted by Crippen LogP contribution is 2.09. The number of hydrogen-bond donors (Lipinski definition) is 1. The lowest BCUT2D eigenvalue weighted by atomic mass is 10.2. The van der Waals surface area contributed by atoms with E-state index in [0.29, 0.717) is 0 Å². The molecule has 1 N–H and O–H groups in total. The van der Waals surface area contributed by atoms with Gasteiger partial charge in [0.25, 0.3) is 0 Å². The fourth-order valence-electron chi connectivity index (χ4n) is 1.45. The normalized spacial score (nSPS) is 19.9. The zero-order valence-electron chi connectivity index (χ0n) is 8.54. The minimum Gasteiger partial charge on any atom is -0.369 e. The maximum absolute atomic E-state index is 3.35. The third kappa shape index (κ3) is 3.84. The summed E-state index contributed by atoms with van der Waals surface area (Å²) in [6, 6.07) is 0. The minimum absolute atomic E-state index is 1.09. The summed E-state index contributed by atoms with van der Waals surface area (Å²) in [5.74, 6) is 0. The maximum atomic E-state index is 3.35. The fraction of sp³-hybridized carbons (Fsp3) is 0.455. The van der Waals surface area contributed by atoms with Crippen LogP contribution in [0.1, 0.15) is 6.92 Å². The monoisotopic (exact) mass is 304 g/mol. The number of hydrogen-bond acceptors (Lipinski definition) is 2. The average molecular weight is 304 g/mol. The van der Waals surface area contributed by atoms with E-state index in [1.54, 1.807) is 0 Å². The van der Waals surface area contributed by atoms with Crippen LogP contribution in [-0.2, 0) is 0 Å². The molecule has 0 saturated carbocycles. The zero-order chi connectivity index (χ0) is 10.2. The number of piperazine rings is 1. The van der Waals surface area contributed by atoms with Gasteiger partial charge in [-0.25, -0.2) is 0 Å². The van der Waals surface area contributed by atoms with E-state index in [1.807, 2.05) is 6.92 Å². The first-order valence-electron chi connectivity index (χ1n) is 4.94. The number of allylic oxidation sites excluding steroid dienone is 4. The summed E-state index contributed by atoms with van der Waals surface area (Å²) >= 11 is 2.26. The lowest BCUT2D eigenvalue weighted by Gasteiger charge is -2.30. The molecular formula is C11H17IN2. The van der Waals surface area contributed by atoms with Crippen molar-refractivity contribution in [3.63, 3.8) is 0 Å². The molecule has 0 amide bonds. The summed E-state index contributed by atoms with van der Waals surface area (Å²) in [4.78, 5) is 2.41. The highest BCUT2D eigenvalue weighted by atomic mass is 127. The molecule has 1 heterocycles. The van der Waals surface area contributed by atoms with E-state index in [0.717, 1.165) is 26.2 Å². The van der Waals surface area contributed by atoms with Crippen molar-refractivity contribution in [2.24, 2.45) is 0 Å². The SMILES string of the molecule is C\C=C/C=C(\C=C/I)N1CCNCC1. The highest BCUT2D eigenvalue weighted by molar-refractivity contribution is 14.1. The first-order valence-corrected chi connectivity index (χ1v) is 6.18. The number of halogens is 1. The first-order chi connectivity index (χ1) is 6.88. The van der Waals surface area contributed by atoms with E-state index in [-0.39, 0.29) is 0 Å². The highest BCUT2D eigenvalue weighted by Gasteiger charge is 2.09. The third-order valence-corrected chi connectivity index (χ3v) is 2.53. The lowest BCUT2D eigenvalue weighted by molar-refractivity contribution is 0.307. The Morgan fingerprint density at radius 3 is 2.64 bits per heavy atom. The van der Waals surface area contributed by atoms with E-state index in [9.17, 15) is 0 Å². The van der Waals surface area contributed by atoms with Crippen molar-refractivity contribution in [2.45, 2.75) is 6.92 Å². The largest absolute Gasteiger partial charge is 0.369 e. The van der Waals surface area contributed by atoms with Crippen LogP contribution < -0.4 is 5.32 Å². The van der Waals surface area contributed by atoms with E-state index >= 15 is 0 Å². The second-order valence-electron chi connectivity index (χ2n) is 3.15. The number of nitrogens with zero attached hydrogens (tertiary/aromatic N) is 1. The lowest BCUT2D eigenvalue weighted by Crippen LogP contribution is -2.42. The van der Waals surface area contributed by atoms with Crippen LogP contribution in [-0.4, -0.2) is 31.1 Å². The van der Waals surface area contributed by atoms with Crippen molar-refractivity contribution in [3.8, 4) is 0 Å². The van der Waals surface area contributed by atoms with Gasteiger partial charge < -0.3 is 10.2 Å². The molecule has 2 nitrogen and oxygen atoms in total. The Labute approximate surface area is 99.9 Å². The molecule has 0 aromatic heterocycles. The van der Waals surface area contributed by atoms with Crippen molar-refractivity contribution in [3.05, 3.63) is 34.1 Å². The van der Waals surface area contributed by atoms with Crippen LogP contribution in [0.3, 0.4) is 0 Å². The first kappa shape index (κ1) is 11.8. The minimum atomic E-state index is 1.09. The van der Waals surface area contributed by atoms with Gasteiger partial charge in [0.15, 0.2) is 0 Å². The summed E-state index contributed by atoms with van der Waals surface area (Å²) < 4.78 is 2.06. The standard InChI is InChI=1S/C11H17IN2/c1-2-3-4-11(5-6-12)14-9-7-13-8-10-14/h2-6,13H,7-10H2,1H3/b3-2-,6-5-,11-4+. The molecule has 0 bridgehead atoms. The van der Waals surface area contributed by atoms with Crippen LogP contribution in [0.4, 0.5) is 0 Å². The van der Waals surface area contributed by atoms with Crippen molar-refractivity contribution >= 4 is 22.6 Å². The molecule has 0 spiro atoms. The molecule has 0 atom stereocenters. The Kier molecular flexibility index (Phi) is 5.94. The van der Waals surface area contributed by atoms with Crippen LogP contribution in [0, 0.1) is 0 Å². The van der Waals surface area contributed by atoms with Crippen molar-refractivity contribution in [1.82, 2.24) is 10.2 Å². The molecule has 3 heteroatoms. The van der Waals surface area contributed by atoms with Gasteiger partial charge in [-0.2, -0.15) is 0 Å². The number of nitrogens with one attached hydrogen (secondary N) is 1. The summed E-state index contributed by atoms with van der Waals surface area (Å²) in [5, 5.41) is 3.35. The summed E-state index contributed by atoms with van der Waals surface area (Å²) in [7, 11) is 0. The molecule has 1 saturated heterocycles. The second kappa shape index (κ2) is 7.06. The van der Waals surface area contributed by atoms with E-state index < -0.39 is 0 Å². The van der Waals surface area contributed by atoms with Crippen LogP contribution in [0.2, 0.25) is 0 Å². The van der Waals surface area contributed by atoms with Crippen LogP contribution in [0.25, 0.3) is 0 Å². The van der Waals surface area contributed by atoms with Gasteiger partial charge in [-0.1, -0.05) is 34.7 Å². The van der Waals surface area contributed by atoms with Gasteiger partial charge in [-0.05, 0) is 23.2 Å². The predicted molar refractivity (Wildman–Crippen MR) is 70.5 cm³/mol. The predicted octanol–water partition coefficient (Wildman–Crippen LogP) is 2.30. The van der Waals surface area contributed by atoms with E-state index in [1.165, 1.54) is 5.70 Å². The van der Waals surface area contributed by atoms with Crippen LogP contribution in [0.5, 0.6) is 0 Å². The molecule has 1 rings (SSSR count). The van der Waals surface area contributed by atoms with Crippen molar-refractivity contribution < 1.29 is 0 Å². The molecule has 1 fully saturated rings. The summed E-state index contributed by atoms with van der Waals surface area (Å²) in [6.07, 6.45) is 8.48. The van der Waals surface area contributed by atoms with Gasteiger partial charge >= 0.3 is 0 Å². The third-order valence-electron chi connectivity index (χ3n) is 2.18. The maximum Gasteiger partial charge on any atom is 0.0371 e. The Morgan fingerprint density at radius 1 is 1.36 bits per heavy atom. The fourth-order valence-corrected chi connectivity index (χ4v) is 1.82. The van der Waals surface area contributed by atoms with Gasteiger partial charge in [0.2, 0.25) is 0 Å². The van der Waals surface area contributed by atoms with E-state index in [2.05, 4.69) is 61.2 Å². The number of rotatable bonds is 3. The Hall–Kier alpha value is -0.290. The zero-order valence-corrected chi connectivity index (χ0v) is 10.7. The van der Waals surface area contributed by atoms with Crippen LogP contribution in [0.15, 0.2) is 34.1 Å². The Morgan fingerprint density at radius 2 is 2.07 bits per heavy atom. The molecule has 0 aromatic carbocycles. The van der Waals surface area contributed by atoms with Crippen molar-refractivity contribution in [1.29, 1.82) is 0 Å². The summed E-state index contributed by atoms with van der Waals surface area (Å²) in [5.41, 5.74) is 1.30. The molecule has 1 aliphatic rings. The van der Waals surface area contributed by atoms with Crippen LogP contribution >= 0.6 is 22.6 Å². The van der Waals surface area contributed by atoms with Gasteiger partial charge in [0.1, 0.15) is 0 Å². The summed E-state index contributed by atoms with van der Waals surface area (Å²) in [6.45, 7) is 6.42. The molecular weight excluding hydrogens is 287 g/mol.